The lowest BCUT2D eigenvalue weighted by Crippen LogP contribution is -2.39. The fourth-order valence-electron chi connectivity index (χ4n) is 1.10. The third-order valence-electron chi connectivity index (χ3n) is 4.33. The zero-order valence-corrected chi connectivity index (χ0v) is 30.3. The number of hydrogen-bond donors (Lipinski definition) is 8. The van der Waals surface area contributed by atoms with E-state index in [2.05, 4.69) is 71.3 Å². The fraction of sp³-hybridized carbons (Fsp3) is 0.400. The number of alkyl halides is 2. The molecule has 0 radical (unpaired) electrons. The molecule has 0 heterocycles. The highest BCUT2D eigenvalue weighted by Crippen LogP contribution is 2.37. The lowest BCUT2D eigenvalue weighted by molar-refractivity contribution is -0.151. The van der Waals surface area contributed by atoms with Crippen LogP contribution in [0.5, 0.6) is 0 Å². The Morgan fingerprint density at radius 3 is 0.833 bits per heavy atom. The maximum absolute atomic E-state index is 11.5. The molecule has 0 aliphatic heterocycles. The van der Waals surface area contributed by atoms with Gasteiger partial charge in [0.05, 0.1) is 37.3 Å². The van der Waals surface area contributed by atoms with Gasteiger partial charge in [0.25, 0.3) is 0 Å². The normalized spacial score (nSPS) is 10.5. The molecule has 8 N–H and O–H groups in total. The average molecular weight is 822 g/mol. The van der Waals surface area contributed by atoms with Crippen molar-refractivity contribution in [1.82, 2.24) is 0 Å². The molecule has 0 aromatic carbocycles. The lowest BCUT2D eigenvalue weighted by Gasteiger charge is -2.33. The summed E-state index contributed by atoms with van der Waals surface area (Å²) in [6.07, 6.45) is 3.33. The van der Waals surface area contributed by atoms with Crippen molar-refractivity contribution in [1.29, 1.82) is 0 Å². The van der Waals surface area contributed by atoms with Crippen molar-refractivity contribution < 1.29 is 79.1 Å². The molecule has 2 atom stereocenters. The Kier molecular flexibility index (Phi) is 38.7. The van der Waals surface area contributed by atoms with Crippen LogP contribution in [0.3, 0.4) is 0 Å². The van der Waals surface area contributed by atoms with E-state index in [9.17, 15) is 28.8 Å². The summed E-state index contributed by atoms with van der Waals surface area (Å²) < 4.78 is 10.3. The summed E-state index contributed by atoms with van der Waals surface area (Å²) >= 11 is 6.54. The first-order valence-electron chi connectivity index (χ1n) is 12.7. The lowest BCUT2D eigenvalue weighted by atomic mass is 9.93. The summed E-state index contributed by atoms with van der Waals surface area (Å²) in [7, 11) is 0. The van der Waals surface area contributed by atoms with E-state index in [4.69, 9.17) is 50.3 Å². The second kappa shape index (κ2) is 33.0. The zero-order chi connectivity index (χ0) is 39.8. The van der Waals surface area contributed by atoms with E-state index in [1.165, 1.54) is 0 Å². The van der Waals surface area contributed by atoms with Crippen LogP contribution in [0.2, 0.25) is 0 Å². The highest BCUT2D eigenvalue weighted by Gasteiger charge is 2.40. The van der Waals surface area contributed by atoms with E-state index in [0.29, 0.717) is 11.1 Å². The van der Waals surface area contributed by atoms with Crippen LogP contribution in [0, 0.1) is 10.8 Å². The van der Waals surface area contributed by atoms with Crippen molar-refractivity contribution in [3.8, 4) is 0 Å². The van der Waals surface area contributed by atoms with E-state index in [0.717, 1.165) is 24.3 Å². The van der Waals surface area contributed by atoms with Gasteiger partial charge in [0, 0.05) is 35.5 Å². The van der Waals surface area contributed by atoms with Crippen molar-refractivity contribution in [2.75, 3.05) is 26.4 Å². The first kappa shape index (κ1) is 56.4. The summed E-state index contributed by atoms with van der Waals surface area (Å²) in [5.74, 6) is -4.95. The number of hydrogen-bond acceptors (Lipinski definition) is 12. The van der Waals surface area contributed by atoms with Gasteiger partial charge in [0.2, 0.25) is 0 Å². The van der Waals surface area contributed by atoms with Crippen LogP contribution in [0.4, 0.5) is 0 Å². The van der Waals surface area contributed by atoms with Crippen LogP contribution in [0.15, 0.2) is 74.9 Å². The Hall–Kier alpha value is -3.94. The summed E-state index contributed by atoms with van der Waals surface area (Å²) in [5, 5.41) is 63.1. The molecule has 0 saturated carbocycles. The van der Waals surface area contributed by atoms with E-state index >= 15 is 0 Å². The van der Waals surface area contributed by atoms with Gasteiger partial charge >= 0.3 is 35.8 Å². The molecule has 0 amide bonds. The molecule has 16 nitrogen and oxygen atoms in total. The first-order chi connectivity index (χ1) is 21.8. The maximum Gasteiger partial charge on any atom is 0.334 e. The van der Waals surface area contributed by atoms with Gasteiger partial charge in [0.15, 0.2) is 10.0 Å². The number of carbonyl (C=O) groups excluding carboxylic acids is 2. The predicted octanol–water partition coefficient (Wildman–Crippen LogP) is 2.66. The van der Waals surface area contributed by atoms with Crippen molar-refractivity contribution in [3.63, 3.8) is 0 Å². The van der Waals surface area contributed by atoms with Gasteiger partial charge in [-0.3, -0.25) is 0 Å². The summed E-state index contributed by atoms with van der Waals surface area (Å²) in [6, 6.07) is 0. The molecule has 0 saturated heterocycles. The number of aliphatic hydroxyl groups is 4. The summed E-state index contributed by atoms with van der Waals surface area (Å²) in [6.45, 7) is 23.9. The molecule has 0 rings (SSSR count). The topological polar surface area (TPSA) is 283 Å². The quantitative estimate of drug-likeness (QED) is 0.0710. The smallest absolute Gasteiger partial charge is 0.334 e. The molecule has 18 heteroatoms. The molecule has 0 aromatic rings. The van der Waals surface area contributed by atoms with Crippen molar-refractivity contribution in [2.24, 2.45) is 10.8 Å². The number of aliphatic hydroxyl groups excluding tert-OH is 4. The van der Waals surface area contributed by atoms with Crippen molar-refractivity contribution >= 4 is 67.7 Å². The highest BCUT2D eigenvalue weighted by molar-refractivity contribution is 9.10. The average Bonchev–Trinajstić information content (AvgIpc) is 3.03. The number of carbonyl (C=O) groups is 6. The molecule has 0 aromatic heterocycles. The number of aliphatic carboxylic acids is 4. The molecule has 0 aliphatic carbocycles. The van der Waals surface area contributed by atoms with Crippen molar-refractivity contribution in [3.05, 3.63) is 74.9 Å². The minimum absolute atomic E-state index is 0.297. The number of halogens is 2. The van der Waals surface area contributed by atoms with Crippen molar-refractivity contribution in [2.45, 2.75) is 37.7 Å². The molecular weight excluding hydrogens is 776 g/mol. The van der Waals surface area contributed by atoms with Gasteiger partial charge in [0.1, 0.15) is 0 Å². The van der Waals surface area contributed by atoms with Gasteiger partial charge < -0.3 is 50.3 Å². The second-order valence-corrected chi connectivity index (χ2v) is 10.8. The molecule has 0 fully saturated rings. The zero-order valence-electron chi connectivity index (χ0n) is 27.1. The van der Waals surface area contributed by atoms with E-state index in [1.54, 1.807) is 27.7 Å². The Morgan fingerprint density at radius 1 is 0.583 bits per heavy atom. The van der Waals surface area contributed by atoms with E-state index < -0.39 is 83.1 Å². The molecule has 0 spiro atoms. The Balaban J connectivity index is -0.000000126. The Bertz CT molecular complexity index is 953. The molecule has 48 heavy (non-hydrogen) atoms. The minimum Gasteiger partial charge on any atom is -0.478 e. The van der Waals surface area contributed by atoms with E-state index in [-0.39, 0.29) is 0 Å². The van der Waals surface area contributed by atoms with Crippen LogP contribution >= 0.6 is 31.9 Å². The molecule has 0 aliphatic rings. The Morgan fingerprint density at radius 2 is 0.750 bits per heavy atom. The van der Waals surface area contributed by atoms with Crippen LogP contribution < -0.4 is 0 Å². The number of carboxylic acids is 4. The second-order valence-electron chi connectivity index (χ2n) is 9.13. The largest absolute Gasteiger partial charge is 0.478 e. The standard InChI is InChI=1S/C13H18Br2O4.C5H12O4.4C3H4O2/c1-7(2)9(16)18-11(14)13(5,6)12(15)19-10(17)8(3)4;6-1-5(2-7,3-8)4-9;4*1-2-3(4)5/h11-12H,1,3H2,2,4-6H3;6-9H,1-4H2;4*2H,1H2,(H,4,5). The summed E-state index contributed by atoms with van der Waals surface area (Å²) in [5.41, 5.74) is -1.20. The summed E-state index contributed by atoms with van der Waals surface area (Å²) in [4.78, 5) is 59.9. The number of rotatable bonds is 14. The molecule has 0 bridgehead atoms. The van der Waals surface area contributed by atoms with Gasteiger partial charge in [-0.15, -0.1) is 0 Å². The predicted molar refractivity (Wildman–Crippen MR) is 183 cm³/mol. The number of ether oxygens (including phenoxy) is 2. The SMILES string of the molecule is C=C(C)C(=O)OC(Br)C(C)(C)C(Br)OC(=O)C(=C)C.C=CC(=O)O.C=CC(=O)O.C=CC(=O)O.C=CC(=O)O.OCC(CO)(CO)CO. The minimum atomic E-state index is -1.11. The highest BCUT2D eigenvalue weighted by atomic mass is 79.9. The molecular formula is C30H46Br2O16. The van der Waals surface area contributed by atoms with Gasteiger partial charge in [-0.2, -0.15) is 0 Å². The van der Waals surface area contributed by atoms with Crippen LogP contribution in [-0.2, 0) is 38.2 Å². The first-order valence-corrected chi connectivity index (χ1v) is 14.5. The molecule has 2 unspecified atom stereocenters. The maximum atomic E-state index is 11.5. The van der Waals surface area contributed by atoms with Gasteiger partial charge in [-0.05, 0) is 45.7 Å². The third-order valence-corrected chi connectivity index (χ3v) is 7.06. The van der Waals surface area contributed by atoms with Crippen LogP contribution in [-0.4, -0.2) is 113 Å². The third kappa shape index (κ3) is 36.5. The number of carboxylic acid groups (broad SMARTS) is 4. The van der Waals surface area contributed by atoms with Gasteiger partial charge in [-0.25, -0.2) is 28.8 Å². The van der Waals surface area contributed by atoms with Gasteiger partial charge in [-0.1, -0.05) is 53.3 Å². The van der Waals surface area contributed by atoms with Crippen LogP contribution in [0.1, 0.15) is 27.7 Å². The molecule has 276 valence electrons. The fourth-order valence-corrected chi connectivity index (χ4v) is 2.27. The number of esters is 2. The van der Waals surface area contributed by atoms with Crippen LogP contribution in [0.25, 0.3) is 0 Å². The monoisotopic (exact) mass is 820 g/mol. The van der Waals surface area contributed by atoms with E-state index in [1.807, 2.05) is 0 Å². The Labute approximate surface area is 295 Å².